The molecule has 1 unspecified atom stereocenters. The monoisotopic (exact) mass is 491 g/mol. The summed E-state index contributed by atoms with van der Waals surface area (Å²) in [5, 5.41) is 3.11. The molecule has 35 heavy (non-hydrogen) atoms. The van der Waals surface area contributed by atoms with E-state index in [1.54, 1.807) is 36.7 Å². The van der Waals surface area contributed by atoms with E-state index >= 15 is 0 Å². The zero-order valence-corrected chi connectivity index (χ0v) is 20.4. The maximum atomic E-state index is 13.3. The Bertz CT molecular complexity index is 1130. The number of piperidine rings is 1. The largest absolute Gasteiger partial charge is 0.351 e. The van der Waals surface area contributed by atoms with Crippen LogP contribution in [-0.2, 0) is 16.1 Å². The molecule has 1 saturated heterocycles. The summed E-state index contributed by atoms with van der Waals surface area (Å²) in [5.41, 5.74) is 2.06. The minimum absolute atomic E-state index is 0.0533. The molecule has 8 nitrogen and oxygen atoms in total. The highest BCUT2D eigenvalue weighted by Gasteiger charge is 2.34. The Morgan fingerprint density at radius 1 is 1.11 bits per heavy atom. The average Bonchev–Trinajstić information content (AvgIpc) is 3.66. The van der Waals surface area contributed by atoms with Crippen LogP contribution in [0.2, 0.25) is 0 Å². The van der Waals surface area contributed by atoms with Gasteiger partial charge in [0.05, 0.1) is 0 Å². The van der Waals surface area contributed by atoms with E-state index in [4.69, 9.17) is 0 Å². The molecular formula is C26H29N5O3S. The minimum Gasteiger partial charge on any atom is -0.351 e. The number of nitrogens with one attached hydrogen (secondary N) is 1. The lowest BCUT2D eigenvalue weighted by Gasteiger charge is -2.27. The number of anilines is 1. The van der Waals surface area contributed by atoms with Crippen LogP contribution in [-0.4, -0.2) is 62.1 Å². The van der Waals surface area contributed by atoms with Crippen molar-refractivity contribution in [2.75, 3.05) is 18.4 Å². The molecule has 2 aliphatic heterocycles. The number of amides is 3. The number of hydrogen-bond donors (Lipinski definition) is 1. The topological polar surface area (TPSA) is 95.0 Å². The molecule has 0 radical (unpaired) electrons. The Balaban J connectivity index is 1.19. The first-order valence-electron chi connectivity index (χ1n) is 12.2. The predicted octanol–water partition coefficient (Wildman–Crippen LogP) is 3.70. The van der Waals surface area contributed by atoms with E-state index < -0.39 is 5.25 Å². The van der Waals surface area contributed by atoms with Crippen LogP contribution in [0.1, 0.15) is 54.4 Å². The van der Waals surface area contributed by atoms with Crippen molar-refractivity contribution >= 4 is 40.3 Å². The number of amidine groups is 1. The molecule has 3 heterocycles. The second-order valence-electron chi connectivity index (χ2n) is 9.25. The van der Waals surface area contributed by atoms with Gasteiger partial charge in [0.2, 0.25) is 5.91 Å². The lowest BCUT2D eigenvalue weighted by Crippen LogP contribution is -2.33. The molecule has 1 atom stereocenters. The van der Waals surface area contributed by atoms with Crippen LogP contribution in [0.25, 0.3) is 0 Å². The third kappa shape index (κ3) is 5.90. The van der Waals surface area contributed by atoms with E-state index in [1.807, 2.05) is 17.0 Å². The molecule has 3 amide bonds. The molecule has 2 fully saturated rings. The molecule has 0 spiro atoms. The smallest absolute Gasteiger partial charge is 0.262 e. The average molecular weight is 492 g/mol. The highest BCUT2D eigenvalue weighted by atomic mass is 32.2. The van der Waals surface area contributed by atoms with E-state index in [9.17, 15) is 14.4 Å². The third-order valence-electron chi connectivity index (χ3n) is 6.44. The maximum Gasteiger partial charge on any atom is 0.262 e. The number of carbonyl (C=O) groups is 3. The van der Waals surface area contributed by atoms with E-state index in [0.29, 0.717) is 17.8 Å². The molecule has 2 aromatic rings. The Labute approximate surface area is 209 Å². The fourth-order valence-electron chi connectivity index (χ4n) is 4.45. The van der Waals surface area contributed by atoms with Gasteiger partial charge >= 0.3 is 0 Å². The summed E-state index contributed by atoms with van der Waals surface area (Å²) >= 11 is 1.39. The van der Waals surface area contributed by atoms with Gasteiger partial charge in [0, 0.05) is 55.7 Å². The summed E-state index contributed by atoms with van der Waals surface area (Å²) in [6.07, 6.45) is 8.96. The summed E-state index contributed by atoms with van der Waals surface area (Å²) in [4.78, 5) is 50.8. The Morgan fingerprint density at radius 2 is 1.94 bits per heavy atom. The summed E-state index contributed by atoms with van der Waals surface area (Å²) in [7, 11) is 0. The number of pyridine rings is 1. The molecule has 1 aromatic heterocycles. The number of carbonyl (C=O) groups excluding carboxylic acids is 3. The van der Waals surface area contributed by atoms with Crippen LogP contribution < -0.4 is 5.32 Å². The maximum absolute atomic E-state index is 13.3. The third-order valence-corrected chi connectivity index (χ3v) is 7.66. The molecular weight excluding hydrogens is 462 g/mol. The van der Waals surface area contributed by atoms with Gasteiger partial charge in [-0.25, -0.2) is 0 Å². The second-order valence-corrected chi connectivity index (χ2v) is 10.4. The number of nitrogens with zero attached hydrogens (tertiary/aromatic N) is 4. The Morgan fingerprint density at radius 3 is 2.69 bits per heavy atom. The molecule has 1 aromatic carbocycles. The standard InChI is InChI=1S/C26H29N5O3S/c32-23(15-22-24(33)29-26(35-22)30-12-2-1-3-13-30)28-20-8-4-7-19(14-20)25(34)31(21-9-10-21)17-18-6-5-11-27-16-18/h4-8,11,14,16,21-22H,1-3,9-10,12-13,15,17H2,(H,28,32). The molecule has 9 heteroatoms. The summed E-state index contributed by atoms with van der Waals surface area (Å²) in [6.45, 7) is 2.34. The van der Waals surface area contributed by atoms with Crippen LogP contribution >= 0.6 is 11.8 Å². The van der Waals surface area contributed by atoms with E-state index in [2.05, 4.69) is 20.2 Å². The molecule has 0 bridgehead atoms. The Hall–Kier alpha value is -3.20. The van der Waals surface area contributed by atoms with Crippen molar-refractivity contribution in [1.82, 2.24) is 14.8 Å². The van der Waals surface area contributed by atoms with Crippen LogP contribution in [0, 0.1) is 0 Å². The van der Waals surface area contributed by atoms with Crippen molar-refractivity contribution in [3.63, 3.8) is 0 Å². The van der Waals surface area contributed by atoms with Gasteiger partial charge in [-0.15, -0.1) is 0 Å². The number of hydrogen-bond acceptors (Lipinski definition) is 6. The van der Waals surface area contributed by atoms with Crippen LogP contribution in [0.3, 0.4) is 0 Å². The van der Waals surface area contributed by atoms with E-state index in [0.717, 1.165) is 49.5 Å². The SMILES string of the molecule is O=C(CC1SC(N2CCCCC2)=NC1=O)Nc1cccc(C(=O)N(Cc2cccnc2)C2CC2)c1. The van der Waals surface area contributed by atoms with Gasteiger partial charge in [-0.3, -0.25) is 19.4 Å². The van der Waals surface area contributed by atoms with Gasteiger partial charge in [-0.2, -0.15) is 4.99 Å². The van der Waals surface area contributed by atoms with Crippen LogP contribution in [0.5, 0.6) is 0 Å². The van der Waals surface area contributed by atoms with E-state index in [1.165, 1.54) is 18.2 Å². The molecule has 1 N–H and O–H groups in total. The van der Waals surface area contributed by atoms with Crippen molar-refractivity contribution in [2.45, 2.75) is 56.4 Å². The fourth-order valence-corrected chi connectivity index (χ4v) is 5.56. The minimum atomic E-state index is -0.499. The zero-order chi connectivity index (χ0) is 24.2. The number of benzene rings is 1. The van der Waals surface area contributed by atoms with E-state index in [-0.39, 0.29) is 30.2 Å². The number of rotatable bonds is 7. The summed E-state index contributed by atoms with van der Waals surface area (Å²) in [6, 6.07) is 11.1. The van der Waals surface area contributed by atoms with Crippen molar-refractivity contribution < 1.29 is 14.4 Å². The first-order valence-corrected chi connectivity index (χ1v) is 13.1. The number of likely N-dealkylation sites (tertiary alicyclic amines) is 1. The Kier molecular flexibility index (Phi) is 7.13. The predicted molar refractivity (Wildman–Crippen MR) is 136 cm³/mol. The molecule has 182 valence electrons. The lowest BCUT2D eigenvalue weighted by molar-refractivity contribution is -0.121. The first kappa shape index (κ1) is 23.5. The molecule has 5 rings (SSSR count). The van der Waals surface area contributed by atoms with Crippen molar-refractivity contribution in [2.24, 2.45) is 4.99 Å². The fraction of sp³-hybridized carbons (Fsp3) is 0.423. The summed E-state index contributed by atoms with van der Waals surface area (Å²) in [5.74, 6) is -0.566. The van der Waals surface area contributed by atoms with Crippen molar-refractivity contribution in [3.05, 3.63) is 59.9 Å². The normalized spacial score (nSPS) is 19.9. The van der Waals surface area contributed by atoms with Gasteiger partial charge < -0.3 is 15.1 Å². The lowest BCUT2D eigenvalue weighted by atomic mass is 10.1. The van der Waals surface area contributed by atoms with Crippen molar-refractivity contribution in [1.29, 1.82) is 0 Å². The molecule has 1 saturated carbocycles. The van der Waals surface area contributed by atoms with Gasteiger partial charge in [-0.05, 0) is 61.9 Å². The van der Waals surface area contributed by atoms with Gasteiger partial charge in [0.15, 0.2) is 5.17 Å². The highest BCUT2D eigenvalue weighted by Crippen LogP contribution is 2.31. The molecule has 1 aliphatic carbocycles. The van der Waals surface area contributed by atoms with Gasteiger partial charge in [-0.1, -0.05) is 23.9 Å². The van der Waals surface area contributed by atoms with Crippen LogP contribution in [0.15, 0.2) is 53.8 Å². The van der Waals surface area contributed by atoms with Gasteiger partial charge in [0.25, 0.3) is 11.8 Å². The molecule has 3 aliphatic rings. The van der Waals surface area contributed by atoms with Crippen molar-refractivity contribution in [3.8, 4) is 0 Å². The highest BCUT2D eigenvalue weighted by molar-refractivity contribution is 8.15. The number of thioether (sulfide) groups is 1. The van der Waals surface area contributed by atoms with Gasteiger partial charge in [0.1, 0.15) is 5.25 Å². The second kappa shape index (κ2) is 10.6. The zero-order valence-electron chi connectivity index (χ0n) is 19.6. The first-order chi connectivity index (χ1) is 17.1. The summed E-state index contributed by atoms with van der Waals surface area (Å²) < 4.78 is 0. The number of aromatic nitrogens is 1. The number of aliphatic imine (C=N–C) groups is 1. The quantitative estimate of drug-likeness (QED) is 0.635. The van der Waals surface area contributed by atoms with Crippen LogP contribution in [0.4, 0.5) is 5.69 Å².